The smallest absolute Gasteiger partial charge is 0.168 e. The van der Waals surface area contributed by atoms with Crippen molar-refractivity contribution < 1.29 is 0 Å². The molecular weight excluding hydrogens is 253 g/mol. The lowest BCUT2D eigenvalue weighted by Crippen LogP contribution is -1.90. The highest BCUT2D eigenvalue weighted by atomic mass is 79.9. The van der Waals surface area contributed by atoms with Crippen LogP contribution < -0.4 is 0 Å². The van der Waals surface area contributed by atoms with Crippen LogP contribution in [0.4, 0.5) is 0 Å². The summed E-state index contributed by atoms with van der Waals surface area (Å²) in [5.41, 5.74) is 1.82. The van der Waals surface area contributed by atoms with E-state index in [1.807, 2.05) is 6.20 Å². The molecule has 5 heteroatoms. The number of aromatic nitrogens is 3. The van der Waals surface area contributed by atoms with E-state index in [0.29, 0.717) is 5.15 Å². The standard InChI is InChI=1S/C8H7BrClN3/c1-2-5-4-13-8(11-5)6(9)3-7(10)12-13/h3-4H,2H2,1H3. The van der Waals surface area contributed by atoms with Crippen molar-refractivity contribution in [2.75, 3.05) is 0 Å². The van der Waals surface area contributed by atoms with E-state index < -0.39 is 0 Å². The van der Waals surface area contributed by atoms with E-state index in [4.69, 9.17) is 11.6 Å². The van der Waals surface area contributed by atoms with Gasteiger partial charge in [-0.1, -0.05) is 18.5 Å². The minimum atomic E-state index is 0.458. The fourth-order valence-corrected chi connectivity index (χ4v) is 1.94. The quantitative estimate of drug-likeness (QED) is 0.789. The Morgan fingerprint density at radius 1 is 1.62 bits per heavy atom. The van der Waals surface area contributed by atoms with Gasteiger partial charge in [-0.05, 0) is 28.4 Å². The Balaban J connectivity index is 2.75. The summed E-state index contributed by atoms with van der Waals surface area (Å²) in [6, 6.07) is 1.74. The molecule has 13 heavy (non-hydrogen) atoms. The van der Waals surface area contributed by atoms with Crippen LogP contribution in [-0.4, -0.2) is 14.6 Å². The zero-order chi connectivity index (χ0) is 9.42. The van der Waals surface area contributed by atoms with Crippen molar-refractivity contribution >= 4 is 33.2 Å². The van der Waals surface area contributed by atoms with Crippen molar-refractivity contribution in [1.82, 2.24) is 14.6 Å². The number of imidazole rings is 1. The van der Waals surface area contributed by atoms with E-state index in [1.165, 1.54) is 0 Å². The molecule has 0 saturated heterocycles. The average Bonchev–Trinajstić information content (AvgIpc) is 2.47. The Morgan fingerprint density at radius 3 is 3.08 bits per heavy atom. The molecule has 2 heterocycles. The lowest BCUT2D eigenvalue weighted by molar-refractivity contribution is 0.928. The Morgan fingerprint density at radius 2 is 2.38 bits per heavy atom. The summed E-state index contributed by atoms with van der Waals surface area (Å²) in [7, 11) is 0. The summed E-state index contributed by atoms with van der Waals surface area (Å²) in [5, 5.41) is 4.55. The fourth-order valence-electron chi connectivity index (χ4n) is 1.13. The van der Waals surface area contributed by atoms with Gasteiger partial charge in [-0.2, -0.15) is 5.10 Å². The van der Waals surface area contributed by atoms with Gasteiger partial charge in [-0.3, -0.25) is 0 Å². The molecule has 0 spiro atoms. The molecule has 3 nitrogen and oxygen atoms in total. The average molecular weight is 261 g/mol. The number of halogens is 2. The van der Waals surface area contributed by atoms with Crippen LogP contribution in [0.1, 0.15) is 12.6 Å². The third-order valence-electron chi connectivity index (χ3n) is 1.76. The van der Waals surface area contributed by atoms with Crippen LogP contribution in [0.15, 0.2) is 16.7 Å². The molecule has 2 rings (SSSR count). The van der Waals surface area contributed by atoms with Crippen molar-refractivity contribution in [3.8, 4) is 0 Å². The molecule has 0 atom stereocenters. The first-order chi connectivity index (χ1) is 6.20. The molecule has 0 saturated carbocycles. The van der Waals surface area contributed by atoms with Crippen LogP contribution in [-0.2, 0) is 6.42 Å². The highest BCUT2D eigenvalue weighted by Crippen LogP contribution is 2.19. The van der Waals surface area contributed by atoms with Gasteiger partial charge in [0.1, 0.15) is 0 Å². The number of hydrogen-bond acceptors (Lipinski definition) is 2. The zero-order valence-corrected chi connectivity index (χ0v) is 9.30. The molecule has 0 bridgehead atoms. The number of aryl methyl sites for hydroxylation is 1. The van der Waals surface area contributed by atoms with E-state index >= 15 is 0 Å². The monoisotopic (exact) mass is 259 g/mol. The Bertz CT molecular complexity index is 452. The Hall–Kier alpha value is -0.610. The van der Waals surface area contributed by atoms with Gasteiger partial charge in [-0.25, -0.2) is 9.50 Å². The first-order valence-electron chi connectivity index (χ1n) is 3.91. The minimum absolute atomic E-state index is 0.458. The minimum Gasteiger partial charge on any atom is -0.231 e. The Labute approximate surface area is 88.9 Å². The van der Waals surface area contributed by atoms with Gasteiger partial charge in [0, 0.05) is 0 Å². The summed E-state index contributed by atoms with van der Waals surface area (Å²) in [6.07, 6.45) is 2.78. The molecule has 0 aliphatic carbocycles. The number of fused-ring (bicyclic) bond motifs is 1. The van der Waals surface area contributed by atoms with E-state index in [9.17, 15) is 0 Å². The van der Waals surface area contributed by atoms with Crippen LogP contribution in [0.2, 0.25) is 5.15 Å². The van der Waals surface area contributed by atoms with Crippen LogP contribution in [0, 0.1) is 0 Å². The second kappa shape index (κ2) is 3.27. The SMILES string of the molecule is CCc1cn2nc(Cl)cc(Br)c2n1. The van der Waals surface area contributed by atoms with Crippen LogP contribution in [0.3, 0.4) is 0 Å². The van der Waals surface area contributed by atoms with Crippen molar-refractivity contribution in [3.63, 3.8) is 0 Å². The number of nitrogens with zero attached hydrogens (tertiary/aromatic N) is 3. The predicted octanol–water partition coefficient (Wildman–Crippen LogP) is 2.71. The van der Waals surface area contributed by atoms with Crippen molar-refractivity contribution in [1.29, 1.82) is 0 Å². The fraction of sp³-hybridized carbons (Fsp3) is 0.250. The number of rotatable bonds is 1. The van der Waals surface area contributed by atoms with Gasteiger partial charge in [0.05, 0.1) is 16.4 Å². The summed E-state index contributed by atoms with van der Waals surface area (Å²) >= 11 is 9.17. The molecule has 0 unspecified atom stereocenters. The zero-order valence-electron chi connectivity index (χ0n) is 6.96. The van der Waals surface area contributed by atoms with Gasteiger partial charge in [-0.15, -0.1) is 0 Å². The van der Waals surface area contributed by atoms with Crippen LogP contribution in [0.5, 0.6) is 0 Å². The molecule has 0 aliphatic heterocycles. The van der Waals surface area contributed by atoms with Gasteiger partial charge >= 0.3 is 0 Å². The van der Waals surface area contributed by atoms with Gasteiger partial charge in [0.2, 0.25) is 0 Å². The van der Waals surface area contributed by atoms with Gasteiger partial charge in [0.15, 0.2) is 10.8 Å². The summed E-state index contributed by atoms with van der Waals surface area (Å²) in [5.74, 6) is 0. The molecule has 68 valence electrons. The molecule has 2 aromatic heterocycles. The molecule has 0 N–H and O–H groups in total. The van der Waals surface area contributed by atoms with Crippen LogP contribution >= 0.6 is 27.5 Å². The van der Waals surface area contributed by atoms with E-state index in [-0.39, 0.29) is 0 Å². The molecule has 0 aromatic carbocycles. The maximum Gasteiger partial charge on any atom is 0.168 e. The molecule has 0 radical (unpaired) electrons. The topological polar surface area (TPSA) is 30.2 Å². The van der Waals surface area contributed by atoms with Gasteiger partial charge in [0.25, 0.3) is 0 Å². The second-order valence-corrected chi connectivity index (χ2v) is 3.91. The Kier molecular flexibility index (Phi) is 2.26. The normalized spacial score (nSPS) is 11.0. The summed E-state index contributed by atoms with van der Waals surface area (Å²) in [6.45, 7) is 2.05. The van der Waals surface area contributed by atoms with E-state index in [1.54, 1.807) is 10.6 Å². The predicted molar refractivity (Wildman–Crippen MR) is 55.1 cm³/mol. The third kappa shape index (κ3) is 1.56. The van der Waals surface area contributed by atoms with E-state index in [2.05, 4.69) is 32.9 Å². The molecule has 0 amide bonds. The molecule has 0 aliphatic rings. The van der Waals surface area contributed by atoms with Crippen LogP contribution in [0.25, 0.3) is 5.65 Å². The maximum atomic E-state index is 5.79. The lowest BCUT2D eigenvalue weighted by atomic mass is 10.4. The van der Waals surface area contributed by atoms with Crippen molar-refractivity contribution in [2.24, 2.45) is 0 Å². The highest BCUT2D eigenvalue weighted by molar-refractivity contribution is 9.10. The summed E-state index contributed by atoms with van der Waals surface area (Å²) < 4.78 is 2.55. The first-order valence-corrected chi connectivity index (χ1v) is 5.08. The molecule has 2 aromatic rings. The molecular formula is C8H7BrClN3. The maximum absolute atomic E-state index is 5.79. The number of hydrogen-bond donors (Lipinski definition) is 0. The van der Waals surface area contributed by atoms with Gasteiger partial charge < -0.3 is 0 Å². The largest absolute Gasteiger partial charge is 0.231 e. The van der Waals surface area contributed by atoms with Crippen molar-refractivity contribution in [3.05, 3.63) is 27.6 Å². The third-order valence-corrected chi connectivity index (χ3v) is 2.53. The lowest BCUT2D eigenvalue weighted by Gasteiger charge is -1.94. The summed E-state index contributed by atoms with van der Waals surface area (Å²) in [4.78, 5) is 4.37. The second-order valence-electron chi connectivity index (χ2n) is 2.67. The van der Waals surface area contributed by atoms with E-state index in [0.717, 1.165) is 22.2 Å². The first kappa shape index (κ1) is 8.97. The highest BCUT2D eigenvalue weighted by Gasteiger charge is 2.05. The molecule has 0 fully saturated rings. The van der Waals surface area contributed by atoms with Crippen molar-refractivity contribution in [2.45, 2.75) is 13.3 Å².